The van der Waals surface area contributed by atoms with Gasteiger partial charge in [0.05, 0.1) is 6.21 Å². The Morgan fingerprint density at radius 2 is 2.00 bits per heavy atom. The molecule has 0 amide bonds. The predicted octanol–water partition coefficient (Wildman–Crippen LogP) is 1.06. The molecule has 0 aromatic rings. The largest absolute Gasteiger partial charge is 0.357 e. The lowest BCUT2D eigenvalue weighted by Gasteiger charge is -1.96. The number of guanidine groups is 1. The molecule has 15 heavy (non-hydrogen) atoms. The minimum absolute atomic E-state index is 0.526. The molecule has 0 aliphatic rings. The monoisotopic (exact) mass is 207 g/mol. The Balaban J connectivity index is 4.60. The first kappa shape index (κ1) is 13.1. The van der Waals surface area contributed by atoms with E-state index in [4.69, 9.17) is 5.84 Å². The molecule has 0 saturated heterocycles. The Labute approximate surface area is 90.2 Å². The Bertz CT molecular complexity index is 310. The number of allylic oxidation sites excluding steroid dienone is 3. The highest BCUT2D eigenvalue weighted by Crippen LogP contribution is 1.86. The van der Waals surface area contributed by atoms with Crippen LogP contribution in [0, 0.1) is 0 Å². The van der Waals surface area contributed by atoms with Crippen molar-refractivity contribution < 1.29 is 0 Å². The van der Waals surface area contributed by atoms with Crippen LogP contribution in [0.5, 0.6) is 0 Å². The van der Waals surface area contributed by atoms with Gasteiger partial charge in [-0.3, -0.25) is 0 Å². The fourth-order valence-electron chi connectivity index (χ4n) is 0.712. The maximum atomic E-state index is 5.03. The SMILES string of the molecule is C\C=C/N=C(\N=C\C(\C=N/N)=C\C)NC. The normalized spacial score (nSPS) is 14.6. The van der Waals surface area contributed by atoms with Gasteiger partial charge in [0.2, 0.25) is 5.96 Å². The van der Waals surface area contributed by atoms with E-state index in [1.165, 1.54) is 6.21 Å². The summed E-state index contributed by atoms with van der Waals surface area (Å²) in [4.78, 5) is 8.17. The Kier molecular flexibility index (Phi) is 7.57. The maximum absolute atomic E-state index is 5.03. The summed E-state index contributed by atoms with van der Waals surface area (Å²) in [6, 6.07) is 0. The summed E-state index contributed by atoms with van der Waals surface area (Å²) in [6.45, 7) is 3.77. The molecular weight excluding hydrogens is 190 g/mol. The minimum atomic E-state index is 0.526. The van der Waals surface area contributed by atoms with E-state index < -0.39 is 0 Å². The van der Waals surface area contributed by atoms with Crippen molar-refractivity contribution in [2.75, 3.05) is 7.05 Å². The number of nitrogens with zero attached hydrogens (tertiary/aromatic N) is 3. The van der Waals surface area contributed by atoms with Gasteiger partial charge in [0.1, 0.15) is 0 Å². The van der Waals surface area contributed by atoms with Crippen LogP contribution in [0.4, 0.5) is 0 Å². The number of aliphatic imine (C=N–C) groups is 2. The van der Waals surface area contributed by atoms with Gasteiger partial charge in [-0.05, 0) is 13.8 Å². The summed E-state index contributed by atoms with van der Waals surface area (Å²) >= 11 is 0. The van der Waals surface area contributed by atoms with Crippen LogP contribution in [0.25, 0.3) is 0 Å². The zero-order valence-corrected chi connectivity index (χ0v) is 9.31. The third-order valence-corrected chi connectivity index (χ3v) is 1.46. The van der Waals surface area contributed by atoms with Crippen molar-refractivity contribution in [3.8, 4) is 0 Å². The smallest absolute Gasteiger partial charge is 0.222 e. The topological polar surface area (TPSA) is 75.1 Å². The van der Waals surface area contributed by atoms with Crippen molar-refractivity contribution in [2.24, 2.45) is 20.9 Å². The number of nitrogens with one attached hydrogen (secondary N) is 1. The molecule has 0 aliphatic carbocycles. The van der Waals surface area contributed by atoms with Crippen molar-refractivity contribution in [1.29, 1.82) is 0 Å². The van der Waals surface area contributed by atoms with Crippen molar-refractivity contribution in [1.82, 2.24) is 5.32 Å². The zero-order valence-electron chi connectivity index (χ0n) is 9.31. The average molecular weight is 207 g/mol. The number of hydrogen-bond donors (Lipinski definition) is 2. The molecule has 0 fully saturated rings. The van der Waals surface area contributed by atoms with E-state index in [1.807, 2.05) is 26.0 Å². The Morgan fingerprint density at radius 1 is 1.27 bits per heavy atom. The molecule has 82 valence electrons. The van der Waals surface area contributed by atoms with Gasteiger partial charge in [0.25, 0.3) is 0 Å². The van der Waals surface area contributed by atoms with Crippen LogP contribution in [-0.4, -0.2) is 25.4 Å². The van der Waals surface area contributed by atoms with Crippen LogP contribution in [-0.2, 0) is 0 Å². The van der Waals surface area contributed by atoms with Gasteiger partial charge in [-0.1, -0.05) is 12.2 Å². The maximum Gasteiger partial charge on any atom is 0.222 e. The lowest BCUT2D eigenvalue weighted by Crippen LogP contribution is -2.15. The first-order chi connectivity index (χ1) is 7.28. The predicted molar refractivity (Wildman–Crippen MR) is 66.2 cm³/mol. The van der Waals surface area contributed by atoms with Gasteiger partial charge in [-0.25, -0.2) is 9.98 Å². The molecule has 3 N–H and O–H groups in total. The van der Waals surface area contributed by atoms with Crippen LogP contribution >= 0.6 is 0 Å². The van der Waals surface area contributed by atoms with Gasteiger partial charge in [-0.15, -0.1) is 0 Å². The molecule has 0 saturated carbocycles. The molecule has 0 rings (SSSR count). The van der Waals surface area contributed by atoms with E-state index in [0.29, 0.717) is 5.96 Å². The molecule has 0 radical (unpaired) electrons. The molecule has 0 heterocycles. The molecule has 5 heteroatoms. The quantitative estimate of drug-likeness (QED) is 0.314. The number of rotatable bonds is 3. The van der Waals surface area contributed by atoms with Crippen molar-refractivity contribution in [2.45, 2.75) is 13.8 Å². The molecular formula is C10H17N5. The molecule has 0 aromatic carbocycles. The van der Waals surface area contributed by atoms with Gasteiger partial charge < -0.3 is 11.2 Å². The molecule has 0 bridgehead atoms. The van der Waals surface area contributed by atoms with E-state index in [0.717, 1.165) is 5.57 Å². The van der Waals surface area contributed by atoms with E-state index in [-0.39, 0.29) is 0 Å². The van der Waals surface area contributed by atoms with Crippen molar-refractivity contribution >= 4 is 18.4 Å². The highest BCUT2D eigenvalue weighted by Gasteiger charge is 1.89. The number of hydrazone groups is 1. The van der Waals surface area contributed by atoms with Crippen molar-refractivity contribution in [3.63, 3.8) is 0 Å². The lowest BCUT2D eigenvalue weighted by atomic mass is 10.3. The van der Waals surface area contributed by atoms with Crippen LogP contribution in [0.15, 0.2) is 39.0 Å². The Hall–Kier alpha value is -1.91. The summed E-state index contributed by atoms with van der Waals surface area (Å²) in [5, 5.41) is 6.27. The van der Waals surface area contributed by atoms with Crippen LogP contribution < -0.4 is 11.2 Å². The molecule has 0 aromatic heterocycles. The van der Waals surface area contributed by atoms with E-state index in [2.05, 4.69) is 20.4 Å². The lowest BCUT2D eigenvalue weighted by molar-refractivity contribution is 1.14. The summed E-state index contributed by atoms with van der Waals surface area (Å²) < 4.78 is 0. The molecule has 0 spiro atoms. The van der Waals surface area contributed by atoms with Crippen LogP contribution in [0.2, 0.25) is 0 Å². The number of nitrogens with two attached hydrogens (primary N) is 1. The zero-order chi connectivity index (χ0) is 11.5. The second kappa shape index (κ2) is 8.68. The fourth-order valence-corrected chi connectivity index (χ4v) is 0.712. The van der Waals surface area contributed by atoms with E-state index >= 15 is 0 Å². The molecule has 5 nitrogen and oxygen atoms in total. The summed E-state index contributed by atoms with van der Waals surface area (Å²) in [7, 11) is 1.76. The summed E-state index contributed by atoms with van der Waals surface area (Å²) in [5.41, 5.74) is 0.820. The first-order valence-corrected chi connectivity index (χ1v) is 4.58. The van der Waals surface area contributed by atoms with Gasteiger partial charge in [-0.2, -0.15) is 5.10 Å². The van der Waals surface area contributed by atoms with Crippen molar-refractivity contribution in [3.05, 3.63) is 23.9 Å². The first-order valence-electron chi connectivity index (χ1n) is 4.58. The summed E-state index contributed by atoms with van der Waals surface area (Å²) in [5.74, 6) is 5.56. The van der Waals surface area contributed by atoms with Crippen LogP contribution in [0.3, 0.4) is 0 Å². The molecule has 0 unspecified atom stereocenters. The van der Waals surface area contributed by atoms with E-state index in [1.54, 1.807) is 19.5 Å². The molecule has 0 atom stereocenters. The average Bonchev–Trinajstić information content (AvgIpc) is 2.27. The Morgan fingerprint density at radius 3 is 2.47 bits per heavy atom. The summed E-state index contributed by atoms with van der Waals surface area (Å²) in [6.07, 6.45) is 8.49. The minimum Gasteiger partial charge on any atom is -0.357 e. The second-order valence-corrected chi connectivity index (χ2v) is 2.51. The van der Waals surface area contributed by atoms with Gasteiger partial charge in [0, 0.05) is 25.0 Å². The highest BCUT2D eigenvalue weighted by atomic mass is 15.1. The fraction of sp³-hybridized carbons (Fsp3) is 0.300. The van der Waals surface area contributed by atoms with Crippen LogP contribution in [0.1, 0.15) is 13.8 Å². The number of hydrogen-bond acceptors (Lipinski definition) is 3. The highest BCUT2D eigenvalue weighted by molar-refractivity contribution is 6.07. The standard InChI is InChI=1S/C10H17N5/c1-4-6-13-10(12-3)14-7-9(5-2)8-15-11/h4-8H,11H2,1-3H3,(H,12,13)/b6-4-,9-5-,14-7+,15-8-. The second-order valence-electron chi connectivity index (χ2n) is 2.51. The van der Waals surface area contributed by atoms with Gasteiger partial charge >= 0.3 is 0 Å². The van der Waals surface area contributed by atoms with Gasteiger partial charge in [0.15, 0.2) is 0 Å². The van der Waals surface area contributed by atoms with E-state index in [9.17, 15) is 0 Å². The third-order valence-electron chi connectivity index (χ3n) is 1.46. The molecule has 0 aliphatic heterocycles. The third kappa shape index (κ3) is 6.20.